The van der Waals surface area contributed by atoms with Gasteiger partial charge in [-0.1, -0.05) is 0 Å². The van der Waals surface area contributed by atoms with Gasteiger partial charge in [0.2, 0.25) is 0 Å². The molecule has 0 fully saturated rings. The molecule has 0 aliphatic carbocycles. The number of aromatic nitrogens is 3. The Labute approximate surface area is 125 Å². The number of carbonyl (C=O) groups excluding carboxylic acids is 1. The number of hydrogen-bond donors (Lipinski definition) is 2. The van der Waals surface area contributed by atoms with Gasteiger partial charge in [0.05, 0.1) is 30.9 Å². The average Bonchev–Trinajstić information content (AvgIpc) is 2.84. The smallest absolute Gasteiger partial charge is 0.271 e. The fourth-order valence-electron chi connectivity index (χ4n) is 1.84. The molecule has 6 nitrogen and oxygen atoms in total. The van der Waals surface area contributed by atoms with Gasteiger partial charge in [0, 0.05) is 17.2 Å². The standard InChI is InChI=1S/C13H15BrN4O2/c1-8-3-4-9(14)12(16-8)13(20)17-10(6-19)11-5-15-7-18(11)2/h3-5,7,10,19H,6H2,1-2H3,(H,17,20)/t10-/m0/s1. The number of rotatable bonds is 4. The van der Waals surface area contributed by atoms with Gasteiger partial charge in [-0.15, -0.1) is 0 Å². The molecule has 2 aromatic rings. The van der Waals surface area contributed by atoms with E-state index in [2.05, 4.69) is 31.2 Å². The Morgan fingerprint density at radius 3 is 2.90 bits per heavy atom. The van der Waals surface area contributed by atoms with Crippen molar-refractivity contribution in [3.63, 3.8) is 0 Å². The normalized spacial score (nSPS) is 12.2. The molecular weight excluding hydrogens is 324 g/mol. The highest BCUT2D eigenvalue weighted by atomic mass is 79.9. The van der Waals surface area contributed by atoms with Crippen LogP contribution in [0.2, 0.25) is 0 Å². The first-order valence-corrected chi connectivity index (χ1v) is 6.83. The monoisotopic (exact) mass is 338 g/mol. The van der Waals surface area contributed by atoms with E-state index in [9.17, 15) is 9.90 Å². The van der Waals surface area contributed by atoms with Crippen molar-refractivity contribution >= 4 is 21.8 Å². The molecule has 2 aromatic heterocycles. The maximum Gasteiger partial charge on any atom is 0.271 e. The van der Waals surface area contributed by atoms with Gasteiger partial charge in [0.25, 0.3) is 5.91 Å². The molecule has 1 amide bonds. The molecule has 0 aliphatic rings. The number of carbonyl (C=O) groups is 1. The Balaban J connectivity index is 2.22. The number of aryl methyl sites for hydroxylation is 2. The van der Waals surface area contributed by atoms with Crippen LogP contribution in [0.25, 0.3) is 0 Å². The Bertz CT molecular complexity index is 627. The highest BCUT2D eigenvalue weighted by Gasteiger charge is 2.20. The second-order valence-corrected chi connectivity index (χ2v) is 5.28. The molecule has 0 spiro atoms. The van der Waals surface area contributed by atoms with Crippen LogP contribution in [-0.4, -0.2) is 32.2 Å². The summed E-state index contributed by atoms with van der Waals surface area (Å²) in [7, 11) is 1.80. The fraction of sp³-hybridized carbons (Fsp3) is 0.308. The number of hydrogen-bond acceptors (Lipinski definition) is 4. The second-order valence-electron chi connectivity index (χ2n) is 4.42. The maximum atomic E-state index is 12.2. The molecule has 0 aromatic carbocycles. The van der Waals surface area contributed by atoms with Gasteiger partial charge >= 0.3 is 0 Å². The SMILES string of the molecule is Cc1ccc(Br)c(C(=O)N[C@@H](CO)c2cncn2C)n1. The van der Waals surface area contributed by atoms with Gasteiger partial charge in [-0.05, 0) is 35.0 Å². The first-order valence-electron chi connectivity index (χ1n) is 6.04. The van der Waals surface area contributed by atoms with Crippen molar-refractivity contribution in [2.24, 2.45) is 7.05 Å². The Kier molecular flexibility index (Phi) is 4.51. The van der Waals surface area contributed by atoms with Crippen LogP contribution in [0.5, 0.6) is 0 Å². The lowest BCUT2D eigenvalue weighted by molar-refractivity contribution is 0.0907. The van der Waals surface area contributed by atoms with Crippen molar-refractivity contribution in [1.29, 1.82) is 0 Å². The van der Waals surface area contributed by atoms with Gasteiger partial charge in [-0.3, -0.25) is 4.79 Å². The summed E-state index contributed by atoms with van der Waals surface area (Å²) in [4.78, 5) is 20.4. The van der Waals surface area contributed by atoms with Crippen LogP contribution in [0.1, 0.15) is 27.9 Å². The van der Waals surface area contributed by atoms with Crippen LogP contribution < -0.4 is 5.32 Å². The molecule has 0 saturated carbocycles. The molecule has 0 bridgehead atoms. The van der Waals surface area contributed by atoms with E-state index in [1.807, 2.05) is 13.0 Å². The van der Waals surface area contributed by atoms with Crippen molar-refractivity contribution in [3.8, 4) is 0 Å². The zero-order chi connectivity index (χ0) is 14.7. The zero-order valence-corrected chi connectivity index (χ0v) is 12.8. The van der Waals surface area contributed by atoms with Crippen molar-refractivity contribution in [2.45, 2.75) is 13.0 Å². The maximum absolute atomic E-state index is 12.2. The lowest BCUT2D eigenvalue weighted by Gasteiger charge is -2.17. The highest BCUT2D eigenvalue weighted by Crippen LogP contribution is 2.17. The summed E-state index contributed by atoms with van der Waals surface area (Å²) < 4.78 is 2.36. The fourth-order valence-corrected chi connectivity index (χ4v) is 2.24. The molecule has 20 heavy (non-hydrogen) atoms. The van der Waals surface area contributed by atoms with Gasteiger partial charge in [0.1, 0.15) is 5.69 Å². The Hall–Kier alpha value is -1.73. The van der Waals surface area contributed by atoms with Crippen LogP contribution in [0.4, 0.5) is 0 Å². The molecule has 0 radical (unpaired) electrons. The third kappa shape index (κ3) is 3.05. The molecule has 106 valence electrons. The van der Waals surface area contributed by atoms with E-state index in [0.717, 1.165) is 11.4 Å². The third-order valence-corrected chi connectivity index (χ3v) is 3.54. The average molecular weight is 339 g/mol. The van der Waals surface area contributed by atoms with E-state index in [1.165, 1.54) is 0 Å². The molecular formula is C13H15BrN4O2. The number of imidazole rings is 1. The van der Waals surface area contributed by atoms with Crippen molar-refractivity contribution < 1.29 is 9.90 Å². The number of aliphatic hydroxyl groups is 1. The number of amides is 1. The van der Waals surface area contributed by atoms with Gasteiger partial charge in [0.15, 0.2) is 0 Å². The summed E-state index contributed by atoms with van der Waals surface area (Å²) in [5, 5.41) is 12.2. The van der Waals surface area contributed by atoms with Crippen LogP contribution in [-0.2, 0) is 7.05 Å². The molecule has 1 atom stereocenters. The molecule has 2 heterocycles. The minimum absolute atomic E-state index is 0.214. The van der Waals surface area contributed by atoms with Crippen molar-refractivity contribution in [1.82, 2.24) is 19.9 Å². The topological polar surface area (TPSA) is 80.0 Å². The van der Waals surface area contributed by atoms with E-state index >= 15 is 0 Å². The predicted molar refractivity (Wildman–Crippen MR) is 77.2 cm³/mol. The van der Waals surface area contributed by atoms with Gasteiger partial charge in [-0.2, -0.15) is 0 Å². The molecule has 0 unspecified atom stereocenters. The predicted octanol–water partition coefficient (Wildman–Crippen LogP) is 1.35. The second kappa shape index (κ2) is 6.15. The number of pyridine rings is 1. The number of nitrogens with one attached hydrogen (secondary N) is 1. The lowest BCUT2D eigenvalue weighted by atomic mass is 10.2. The van der Waals surface area contributed by atoms with Crippen LogP contribution in [0.3, 0.4) is 0 Å². The molecule has 2 rings (SSSR count). The number of nitrogens with zero attached hydrogens (tertiary/aromatic N) is 3. The van der Waals surface area contributed by atoms with E-state index in [0.29, 0.717) is 10.2 Å². The summed E-state index contributed by atoms with van der Waals surface area (Å²) in [6, 6.07) is 3.06. The Morgan fingerprint density at radius 2 is 2.30 bits per heavy atom. The minimum atomic E-state index is -0.524. The summed E-state index contributed by atoms with van der Waals surface area (Å²) in [6.07, 6.45) is 3.23. The van der Waals surface area contributed by atoms with E-state index < -0.39 is 6.04 Å². The van der Waals surface area contributed by atoms with E-state index in [1.54, 1.807) is 30.2 Å². The van der Waals surface area contributed by atoms with E-state index in [4.69, 9.17) is 0 Å². The Morgan fingerprint density at radius 1 is 1.55 bits per heavy atom. The molecule has 0 saturated heterocycles. The first-order chi connectivity index (χ1) is 9.52. The molecule has 0 aliphatic heterocycles. The summed E-state index contributed by atoms with van der Waals surface area (Å²) in [5.74, 6) is -0.346. The van der Waals surface area contributed by atoms with Crippen molar-refractivity contribution in [3.05, 3.63) is 46.2 Å². The highest BCUT2D eigenvalue weighted by molar-refractivity contribution is 9.10. The quantitative estimate of drug-likeness (QED) is 0.881. The zero-order valence-electron chi connectivity index (χ0n) is 11.2. The van der Waals surface area contributed by atoms with Gasteiger partial charge in [-0.25, -0.2) is 9.97 Å². The summed E-state index contributed by atoms with van der Waals surface area (Å²) in [6.45, 7) is 1.60. The molecule has 2 N–H and O–H groups in total. The van der Waals surface area contributed by atoms with Crippen LogP contribution in [0.15, 0.2) is 29.1 Å². The summed E-state index contributed by atoms with van der Waals surface area (Å²) in [5.41, 5.74) is 1.77. The molecule has 7 heteroatoms. The van der Waals surface area contributed by atoms with E-state index in [-0.39, 0.29) is 12.5 Å². The van der Waals surface area contributed by atoms with Crippen LogP contribution in [0, 0.1) is 6.92 Å². The van der Waals surface area contributed by atoms with Crippen LogP contribution >= 0.6 is 15.9 Å². The minimum Gasteiger partial charge on any atom is -0.394 e. The third-order valence-electron chi connectivity index (χ3n) is 2.90. The first kappa shape index (κ1) is 14.7. The lowest BCUT2D eigenvalue weighted by Crippen LogP contribution is -2.32. The number of halogens is 1. The van der Waals surface area contributed by atoms with Gasteiger partial charge < -0.3 is 15.0 Å². The van der Waals surface area contributed by atoms with Crippen molar-refractivity contribution in [2.75, 3.05) is 6.61 Å². The largest absolute Gasteiger partial charge is 0.394 e. The number of aliphatic hydroxyl groups excluding tert-OH is 1. The summed E-state index contributed by atoms with van der Waals surface area (Å²) >= 11 is 3.30.